The fourth-order valence-corrected chi connectivity index (χ4v) is 7.73. The smallest absolute Gasteiger partial charge is 0.387 e. The van der Waals surface area contributed by atoms with E-state index in [1.165, 1.54) is 35.0 Å². The molecule has 10 atom stereocenters. The van der Waals surface area contributed by atoms with Gasteiger partial charge in [-0.25, -0.2) is 38.9 Å². The summed E-state index contributed by atoms with van der Waals surface area (Å²) in [6, 6.07) is 0. The van der Waals surface area contributed by atoms with Crippen molar-refractivity contribution in [1.82, 2.24) is 39.0 Å². The minimum absolute atomic E-state index is 0.0422. The summed E-state index contributed by atoms with van der Waals surface area (Å²) in [5.74, 6) is 0.119. The molecule has 7 heterocycles. The van der Waals surface area contributed by atoms with E-state index in [0.717, 1.165) is 6.33 Å². The van der Waals surface area contributed by atoms with Crippen LogP contribution in [0.15, 0.2) is 25.3 Å². The van der Waals surface area contributed by atoms with Gasteiger partial charge in [-0.05, 0) is 0 Å². The molecule has 242 valence electrons. The van der Waals surface area contributed by atoms with E-state index in [-0.39, 0.29) is 40.1 Å². The molecule has 4 aromatic rings. The lowest BCUT2D eigenvalue weighted by Crippen LogP contribution is -2.35. The van der Waals surface area contributed by atoms with Gasteiger partial charge >= 0.3 is 15.4 Å². The number of fused-ring (bicyclic) bond motifs is 5. The number of aromatic nitrogens is 8. The molecular weight excluding hydrogens is 645 g/mol. The van der Waals surface area contributed by atoms with Gasteiger partial charge in [-0.3, -0.25) is 27.3 Å². The molecular formula is C22H27FN10O10P2. The van der Waals surface area contributed by atoms with Crippen molar-refractivity contribution in [2.24, 2.45) is 0 Å². The molecule has 2 bridgehead atoms. The molecule has 6 N–H and O–H groups in total. The van der Waals surface area contributed by atoms with Gasteiger partial charge in [-0.15, -0.1) is 0 Å². The molecule has 20 nitrogen and oxygen atoms in total. The Morgan fingerprint density at radius 1 is 0.867 bits per heavy atom. The third kappa shape index (κ3) is 5.28. The number of nitrogen functional groups attached to an aromatic ring is 2. The van der Waals surface area contributed by atoms with E-state index >= 15 is 4.39 Å². The van der Waals surface area contributed by atoms with E-state index in [2.05, 4.69) is 29.9 Å². The molecule has 0 amide bonds. The number of phosphoric acid groups is 1. The van der Waals surface area contributed by atoms with Crippen molar-refractivity contribution < 1.29 is 51.1 Å². The van der Waals surface area contributed by atoms with Crippen LogP contribution < -0.4 is 11.5 Å². The van der Waals surface area contributed by atoms with Gasteiger partial charge in [0.1, 0.15) is 54.2 Å². The minimum atomic E-state index is -5.05. The third-order valence-corrected chi connectivity index (χ3v) is 10.5. The Morgan fingerprint density at radius 2 is 1.44 bits per heavy atom. The largest absolute Gasteiger partial charge is 0.472 e. The number of hydrogen-bond donors (Lipinski definition) is 4. The van der Waals surface area contributed by atoms with Crippen molar-refractivity contribution >= 4 is 49.4 Å². The molecule has 0 radical (unpaired) electrons. The SMILES string of the molecule is CC[P@]1(=O)OCC2OC(n3cnc4c(N)ncnc43)C(F)C2OP(=O)(O)OCC2OC(n3cnc4c(N)ncnc43)C(O1)C2O. The number of nitrogens with zero attached hydrogens (tertiary/aromatic N) is 8. The molecule has 4 aromatic heterocycles. The zero-order valence-electron chi connectivity index (χ0n) is 23.2. The molecule has 23 heteroatoms. The highest BCUT2D eigenvalue weighted by molar-refractivity contribution is 7.53. The predicted octanol–water partition coefficient (Wildman–Crippen LogP) is 0.455. The lowest BCUT2D eigenvalue weighted by Gasteiger charge is -2.28. The number of rotatable bonds is 3. The Labute approximate surface area is 251 Å². The number of alkyl halides is 1. The first-order chi connectivity index (χ1) is 21.5. The van der Waals surface area contributed by atoms with E-state index in [0.29, 0.717) is 0 Å². The van der Waals surface area contributed by atoms with Crippen molar-refractivity contribution in [1.29, 1.82) is 0 Å². The maximum atomic E-state index is 16.0. The molecule has 0 aliphatic carbocycles. The van der Waals surface area contributed by atoms with E-state index in [9.17, 15) is 19.1 Å². The molecule has 45 heavy (non-hydrogen) atoms. The highest BCUT2D eigenvalue weighted by Crippen LogP contribution is 2.55. The van der Waals surface area contributed by atoms with Gasteiger partial charge in [0.05, 0.1) is 25.9 Å². The molecule has 3 fully saturated rings. The second kappa shape index (κ2) is 11.2. The number of halogens is 1. The van der Waals surface area contributed by atoms with Gasteiger partial charge in [-0.1, -0.05) is 6.92 Å². The van der Waals surface area contributed by atoms with E-state index in [1.807, 2.05) is 0 Å². The summed E-state index contributed by atoms with van der Waals surface area (Å²) in [4.78, 5) is 34.9. The molecule has 9 unspecified atom stereocenters. The van der Waals surface area contributed by atoms with E-state index in [1.54, 1.807) is 0 Å². The fraction of sp³-hybridized carbons (Fsp3) is 0.545. The summed E-state index contributed by atoms with van der Waals surface area (Å²) in [7, 11) is -9.14. The number of aliphatic hydroxyl groups excluding tert-OH is 1. The van der Waals surface area contributed by atoms with Crippen molar-refractivity contribution in [2.45, 2.75) is 56.1 Å². The number of imidazole rings is 2. The molecule has 0 aromatic carbocycles. The summed E-state index contributed by atoms with van der Waals surface area (Å²) in [6.45, 7) is 0.185. The Balaban J connectivity index is 1.22. The number of anilines is 2. The fourth-order valence-electron chi connectivity index (χ4n) is 5.40. The average molecular weight is 672 g/mol. The van der Waals surface area contributed by atoms with Gasteiger partial charge < -0.3 is 35.5 Å². The van der Waals surface area contributed by atoms with Crippen LogP contribution in [-0.4, -0.2) is 105 Å². The Hall–Kier alpha value is -3.23. The van der Waals surface area contributed by atoms with Crippen molar-refractivity contribution in [3.8, 4) is 0 Å². The average Bonchev–Trinajstić information content (AvgIpc) is 3.77. The van der Waals surface area contributed by atoms with Crippen LogP contribution in [-0.2, 0) is 36.7 Å². The maximum absolute atomic E-state index is 16.0. The van der Waals surface area contributed by atoms with Crippen LogP contribution in [0.4, 0.5) is 16.0 Å². The molecule has 0 spiro atoms. The number of nitrogens with two attached hydrogens (primary N) is 2. The maximum Gasteiger partial charge on any atom is 0.472 e. The second-order valence-electron chi connectivity index (χ2n) is 10.4. The van der Waals surface area contributed by atoms with Crippen LogP contribution in [0.1, 0.15) is 19.4 Å². The quantitative estimate of drug-likeness (QED) is 0.215. The molecule has 3 saturated heterocycles. The van der Waals surface area contributed by atoms with Crippen LogP contribution in [0.25, 0.3) is 22.3 Å². The van der Waals surface area contributed by atoms with Crippen molar-refractivity contribution in [3.05, 3.63) is 25.3 Å². The first-order valence-corrected chi connectivity index (χ1v) is 16.8. The predicted molar refractivity (Wildman–Crippen MR) is 148 cm³/mol. The van der Waals surface area contributed by atoms with Gasteiger partial charge in [0, 0.05) is 6.16 Å². The Kier molecular flexibility index (Phi) is 7.59. The van der Waals surface area contributed by atoms with Crippen LogP contribution in [0.5, 0.6) is 0 Å². The Bertz CT molecular complexity index is 1850. The van der Waals surface area contributed by atoms with Gasteiger partial charge in [0.2, 0.25) is 0 Å². The molecule has 7 rings (SSSR count). The third-order valence-electron chi connectivity index (χ3n) is 7.66. The van der Waals surface area contributed by atoms with Crippen LogP contribution in [0, 0.1) is 0 Å². The van der Waals surface area contributed by atoms with E-state index in [4.69, 9.17) is 39.0 Å². The topological polar surface area (TPSA) is 269 Å². The van der Waals surface area contributed by atoms with Crippen LogP contribution in [0.2, 0.25) is 0 Å². The molecule has 3 aliphatic rings. The molecule has 0 saturated carbocycles. The lowest BCUT2D eigenvalue weighted by molar-refractivity contribution is -0.0630. The minimum Gasteiger partial charge on any atom is -0.387 e. The van der Waals surface area contributed by atoms with Gasteiger partial charge in [-0.2, -0.15) is 0 Å². The monoisotopic (exact) mass is 672 g/mol. The highest BCUT2D eigenvalue weighted by Gasteiger charge is 2.54. The standard InChI is InChI=1S/C22H27FN10O10P2/c1-2-44(35)38-4-10-15(11(23)21(41-10)32-7-30-12-17(24)26-5-28-19(12)32)43-45(36,37)39-3-9-14(34)16(42-44)22(40-9)33-8-31-13-18(25)27-6-29-20(13)33/h5-11,14-16,21-22,34H,2-4H2,1H3,(H,36,37)(H2,24,26,28)(H2,25,27,29)/t9?,10?,11?,14?,15?,16?,21?,22?,44-/m0/s1. The summed E-state index contributed by atoms with van der Waals surface area (Å²) in [6.07, 6.45) is -7.54. The Morgan fingerprint density at radius 3 is 2.07 bits per heavy atom. The second-order valence-corrected chi connectivity index (χ2v) is 14.1. The summed E-state index contributed by atoms with van der Waals surface area (Å²) >= 11 is 0. The first kappa shape index (κ1) is 30.4. The number of aliphatic hydroxyl groups is 1. The summed E-state index contributed by atoms with van der Waals surface area (Å²) in [5, 5.41) is 11.2. The van der Waals surface area contributed by atoms with E-state index < -0.39 is 77.8 Å². The summed E-state index contributed by atoms with van der Waals surface area (Å²) < 4.78 is 79.6. The lowest BCUT2D eigenvalue weighted by atomic mass is 10.1. The molecule has 3 aliphatic heterocycles. The highest BCUT2D eigenvalue weighted by atomic mass is 31.2. The number of phosphoric ester groups is 1. The first-order valence-electron chi connectivity index (χ1n) is 13.6. The normalized spacial score (nSPS) is 37.7. The van der Waals surface area contributed by atoms with Crippen LogP contribution in [0.3, 0.4) is 0 Å². The summed E-state index contributed by atoms with van der Waals surface area (Å²) in [5.41, 5.74) is 12.5. The van der Waals surface area contributed by atoms with Crippen molar-refractivity contribution in [3.63, 3.8) is 0 Å². The zero-order chi connectivity index (χ0) is 31.7. The zero-order valence-corrected chi connectivity index (χ0v) is 25.0. The van der Waals surface area contributed by atoms with Gasteiger partial charge in [0.15, 0.2) is 41.6 Å². The number of ether oxygens (including phenoxy) is 2. The van der Waals surface area contributed by atoms with Crippen molar-refractivity contribution in [2.75, 3.05) is 30.8 Å². The van der Waals surface area contributed by atoms with Gasteiger partial charge in [0.25, 0.3) is 0 Å². The van der Waals surface area contributed by atoms with Crippen LogP contribution >= 0.6 is 15.4 Å². The number of hydrogen-bond acceptors (Lipinski definition) is 17.